The quantitative estimate of drug-likeness (QED) is 0.166. The molecule has 222 valence electrons. The Morgan fingerprint density at radius 1 is 0.625 bits per heavy atom. The van der Waals surface area contributed by atoms with Gasteiger partial charge in [-0.2, -0.15) is 0 Å². The van der Waals surface area contributed by atoms with Crippen LogP contribution in [0.15, 0.2) is 60.7 Å². The zero-order valence-electron chi connectivity index (χ0n) is 24.5. The lowest BCUT2D eigenvalue weighted by atomic mass is 9.92. The number of rotatable bonds is 11. The molecule has 2 saturated heterocycles. The summed E-state index contributed by atoms with van der Waals surface area (Å²) in [5.41, 5.74) is 4.79. The highest BCUT2D eigenvalue weighted by Gasteiger charge is 2.26. The van der Waals surface area contributed by atoms with Gasteiger partial charge >= 0.3 is 0 Å². The summed E-state index contributed by atoms with van der Waals surface area (Å²) >= 11 is 0. The minimum Gasteiger partial charge on any atom is -1.00 e. The highest BCUT2D eigenvalue weighted by atomic mass is 127. The van der Waals surface area contributed by atoms with E-state index in [1.54, 1.807) is 0 Å². The van der Waals surface area contributed by atoms with Gasteiger partial charge in [-0.15, -0.1) is 0 Å². The summed E-state index contributed by atoms with van der Waals surface area (Å²) < 4.78 is 25.2. The van der Waals surface area contributed by atoms with Gasteiger partial charge in [0.05, 0.1) is 40.5 Å². The fourth-order valence-corrected chi connectivity index (χ4v) is 5.20. The SMILES string of the molecule is C/C=C(/C(=C/C)c1ccc(OCC[N+]2(C)CCOCC2)cc1)c1ccc(OCC[N+]2(C)CCOCC2)cc1.[I-].[I-]. The molecule has 0 aliphatic carbocycles. The van der Waals surface area contributed by atoms with Gasteiger partial charge in [0, 0.05) is 0 Å². The first-order chi connectivity index (χ1) is 18.4. The van der Waals surface area contributed by atoms with Gasteiger partial charge in [0.15, 0.2) is 0 Å². The molecule has 0 radical (unpaired) electrons. The van der Waals surface area contributed by atoms with Crippen LogP contribution in [0, 0.1) is 0 Å². The first-order valence-electron chi connectivity index (χ1n) is 14.1. The second-order valence-electron chi connectivity index (χ2n) is 11.0. The van der Waals surface area contributed by atoms with Gasteiger partial charge in [-0.25, -0.2) is 0 Å². The number of quaternary nitrogens is 2. The Kier molecular flexibility index (Phi) is 14.9. The van der Waals surface area contributed by atoms with Crippen molar-refractivity contribution in [3.63, 3.8) is 0 Å². The van der Waals surface area contributed by atoms with E-state index < -0.39 is 0 Å². The van der Waals surface area contributed by atoms with Crippen molar-refractivity contribution in [3.8, 4) is 11.5 Å². The molecular weight excluding hydrogens is 730 g/mol. The summed E-state index contributed by atoms with van der Waals surface area (Å²) in [6, 6.07) is 17.0. The van der Waals surface area contributed by atoms with E-state index in [9.17, 15) is 0 Å². The minimum absolute atomic E-state index is 0. The van der Waals surface area contributed by atoms with Crippen molar-refractivity contribution in [2.75, 3.05) is 93.0 Å². The molecule has 0 spiro atoms. The fourth-order valence-electron chi connectivity index (χ4n) is 5.20. The van der Waals surface area contributed by atoms with Gasteiger partial charge in [-0.3, -0.25) is 0 Å². The van der Waals surface area contributed by atoms with Gasteiger partial charge in [0.2, 0.25) is 0 Å². The van der Waals surface area contributed by atoms with E-state index in [0.29, 0.717) is 13.2 Å². The number of benzene rings is 2. The van der Waals surface area contributed by atoms with Crippen molar-refractivity contribution in [2.45, 2.75) is 13.8 Å². The number of nitrogens with zero attached hydrogens (tertiary/aromatic N) is 2. The Morgan fingerprint density at radius 2 is 0.950 bits per heavy atom. The molecule has 4 rings (SSSR count). The number of halogens is 2. The third-order valence-corrected chi connectivity index (χ3v) is 8.10. The van der Waals surface area contributed by atoms with Crippen molar-refractivity contribution in [1.82, 2.24) is 0 Å². The molecule has 2 heterocycles. The Morgan fingerprint density at radius 3 is 1.25 bits per heavy atom. The molecule has 0 aromatic heterocycles. The number of ether oxygens (including phenoxy) is 4. The maximum atomic E-state index is 6.09. The van der Waals surface area contributed by atoms with Crippen LogP contribution < -0.4 is 57.4 Å². The zero-order valence-corrected chi connectivity index (χ0v) is 28.9. The molecule has 0 N–H and O–H groups in total. The number of morpholine rings is 2. The molecular formula is C32H46I2N2O4. The van der Waals surface area contributed by atoms with Crippen LogP contribution in [0.3, 0.4) is 0 Å². The second-order valence-corrected chi connectivity index (χ2v) is 11.0. The smallest absolute Gasteiger partial charge is 0.137 e. The zero-order chi connectivity index (χ0) is 26.8. The highest BCUT2D eigenvalue weighted by molar-refractivity contribution is 6.04. The van der Waals surface area contributed by atoms with E-state index in [4.69, 9.17) is 18.9 Å². The molecule has 2 fully saturated rings. The van der Waals surface area contributed by atoms with E-state index in [1.165, 1.54) is 22.3 Å². The molecule has 2 aliphatic rings. The van der Waals surface area contributed by atoms with Crippen LogP contribution in [-0.4, -0.2) is 102 Å². The summed E-state index contributed by atoms with van der Waals surface area (Å²) in [5.74, 6) is 1.83. The molecule has 0 saturated carbocycles. The van der Waals surface area contributed by atoms with Crippen molar-refractivity contribution >= 4 is 11.1 Å². The standard InChI is InChI=1S/C32H46N2O4.2HI/c1-5-31(27-7-11-29(12-8-27)37-25-19-33(3)15-21-35-22-16-33)32(6-2)28-9-13-30(14-10-28)38-26-20-34(4)17-23-36-24-18-34;;/h5-14H,15-26H2,1-4H3;2*1H/q+2;;/p-2/b31-5+,32-6+;;. The van der Waals surface area contributed by atoms with Crippen LogP contribution in [0.4, 0.5) is 0 Å². The number of hydrogen-bond donors (Lipinski definition) is 0. The molecule has 0 unspecified atom stereocenters. The van der Waals surface area contributed by atoms with E-state index in [1.807, 2.05) is 0 Å². The van der Waals surface area contributed by atoms with Crippen molar-refractivity contribution in [2.24, 2.45) is 0 Å². The second kappa shape index (κ2) is 17.1. The maximum Gasteiger partial charge on any atom is 0.137 e. The molecule has 8 heteroatoms. The number of likely N-dealkylation sites (N-methyl/N-ethyl adjacent to an activating group) is 2. The first-order valence-corrected chi connectivity index (χ1v) is 14.1. The van der Waals surface area contributed by atoms with Crippen LogP contribution in [-0.2, 0) is 9.47 Å². The van der Waals surface area contributed by atoms with Crippen LogP contribution in [0.5, 0.6) is 11.5 Å². The highest BCUT2D eigenvalue weighted by Crippen LogP contribution is 2.33. The summed E-state index contributed by atoms with van der Waals surface area (Å²) in [5, 5.41) is 0. The Labute approximate surface area is 275 Å². The molecule has 0 bridgehead atoms. The predicted octanol–water partition coefficient (Wildman–Crippen LogP) is -1.09. The van der Waals surface area contributed by atoms with Crippen LogP contribution in [0.25, 0.3) is 11.1 Å². The lowest BCUT2D eigenvalue weighted by Crippen LogP contribution is -3.00. The Balaban J connectivity index is 0.00000280. The van der Waals surface area contributed by atoms with E-state index in [0.717, 1.165) is 86.2 Å². The molecule has 0 amide bonds. The normalized spacial score (nSPS) is 18.7. The van der Waals surface area contributed by atoms with Crippen LogP contribution in [0.2, 0.25) is 0 Å². The van der Waals surface area contributed by atoms with E-state index in [-0.39, 0.29) is 48.0 Å². The van der Waals surface area contributed by atoms with Crippen LogP contribution in [0.1, 0.15) is 25.0 Å². The summed E-state index contributed by atoms with van der Waals surface area (Å²) in [6.45, 7) is 15.2. The first kappa shape index (κ1) is 35.0. The maximum absolute atomic E-state index is 6.09. The van der Waals surface area contributed by atoms with Gasteiger partial charge < -0.3 is 75.9 Å². The third kappa shape index (κ3) is 9.97. The molecule has 2 aliphatic heterocycles. The van der Waals surface area contributed by atoms with Crippen molar-refractivity contribution in [3.05, 3.63) is 71.8 Å². The van der Waals surface area contributed by atoms with Gasteiger partial charge in [-0.05, 0) is 60.4 Å². The van der Waals surface area contributed by atoms with E-state index >= 15 is 0 Å². The average Bonchev–Trinajstić information content (AvgIpc) is 2.93. The van der Waals surface area contributed by atoms with E-state index in [2.05, 4.69) is 88.6 Å². The van der Waals surface area contributed by atoms with Crippen molar-refractivity contribution < 1.29 is 75.9 Å². The molecule has 2 aromatic carbocycles. The van der Waals surface area contributed by atoms with Crippen LogP contribution >= 0.6 is 0 Å². The summed E-state index contributed by atoms with van der Waals surface area (Å²) in [7, 11) is 4.58. The lowest BCUT2D eigenvalue weighted by Gasteiger charge is -2.37. The van der Waals surface area contributed by atoms with Gasteiger partial charge in [-0.1, -0.05) is 36.4 Å². The molecule has 6 nitrogen and oxygen atoms in total. The third-order valence-electron chi connectivity index (χ3n) is 8.10. The Bertz CT molecular complexity index is 988. The molecule has 40 heavy (non-hydrogen) atoms. The molecule has 0 atom stereocenters. The predicted molar refractivity (Wildman–Crippen MR) is 154 cm³/mol. The van der Waals surface area contributed by atoms with Gasteiger partial charge in [0.1, 0.15) is 64.0 Å². The lowest BCUT2D eigenvalue weighted by molar-refractivity contribution is -0.916. The largest absolute Gasteiger partial charge is 1.00 e. The molecule has 2 aromatic rings. The fraction of sp³-hybridized carbons (Fsp3) is 0.500. The van der Waals surface area contributed by atoms with Crippen molar-refractivity contribution in [1.29, 1.82) is 0 Å². The monoisotopic (exact) mass is 776 g/mol. The topological polar surface area (TPSA) is 36.9 Å². The average molecular weight is 777 g/mol. The summed E-state index contributed by atoms with van der Waals surface area (Å²) in [4.78, 5) is 0. The summed E-state index contributed by atoms with van der Waals surface area (Å²) in [6.07, 6.45) is 4.37. The van der Waals surface area contributed by atoms with Gasteiger partial charge in [0.25, 0.3) is 0 Å². The number of allylic oxidation sites excluding steroid dienone is 4. The Hall–Kier alpha value is -1.18. The number of hydrogen-bond acceptors (Lipinski definition) is 4. The minimum atomic E-state index is 0.